The summed E-state index contributed by atoms with van der Waals surface area (Å²) in [5, 5.41) is 7.83. The van der Waals surface area contributed by atoms with E-state index in [1.165, 1.54) is 5.69 Å². The Hall–Kier alpha value is -2.24. The van der Waals surface area contributed by atoms with Crippen LogP contribution >= 0.6 is 0 Å². The third-order valence-corrected chi connectivity index (χ3v) is 4.82. The van der Waals surface area contributed by atoms with Crippen molar-refractivity contribution in [2.45, 2.75) is 38.1 Å². The van der Waals surface area contributed by atoms with Gasteiger partial charge in [0, 0.05) is 18.7 Å². The summed E-state index contributed by atoms with van der Waals surface area (Å²) in [6, 6.07) is 1.76. The number of aryl methyl sites for hydroxylation is 1. The van der Waals surface area contributed by atoms with Gasteiger partial charge in [0.2, 0.25) is 0 Å². The molecular formula is C15H17N5O. The monoisotopic (exact) mass is 283 g/mol. The van der Waals surface area contributed by atoms with Gasteiger partial charge in [0.1, 0.15) is 0 Å². The minimum Gasteiger partial charge on any atom is -0.348 e. The van der Waals surface area contributed by atoms with Gasteiger partial charge < -0.3 is 9.88 Å². The predicted octanol–water partition coefficient (Wildman–Crippen LogP) is 1.59. The van der Waals surface area contributed by atoms with Gasteiger partial charge >= 0.3 is 0 Å². The van der Waals surface area contributed by atoms with Crippen LogP contribution in [0.15, 0.2) is 18.6 Å². The fraction of sp³-hybridized carbons (Fsp3) is 0.467. The molecule has 0 radical (unpaired) electrons. The van der Waals surface area contributed by atoms with E-state index >= 15 is 0 Å². The van der Waals surface area contributed by atoms with Crippen molar-refractivity contribution in [1.29, 1.82) is 0 Å². The standard InChI is InChI=1S/C15H17N5O/c1-10-11(3-7-18-19-10)14(21)20-8-4-12-13(17-9-16-12)15(20)5-2-6-15/h3,7,9H,2,4-6,8H2,1H3,(H,16,17). The summed E-state index contributed by atoms with van der Waals surface area (Å²) in [7, 11) is 0. The molecule has 0 aromatic carbocycles. The maximum Gasteiger partial charge on any atom is 0.256 e. The number of amides is 1. The smallest absolute Gasteiger partial charge is 0.256 e. The van der Waals surface area contributed by atoms with Crippen molar-refractivity contribution in [2.75, 3.05) is 6.54 Å². The molecular weight excluding hydrogens is 266 g/mol. The lowest BCUT2D eigenvalue weighted by atomic mass is 9.70. The molecule has 1 aliphatic heterocycles. The highest BCUT2D eigenvalue weighted by Gasteiger charge is 2.51. The molecule has 108 valence electrons. The van der Waals surface area contributed by atoms with Gasteiger partial charge in [0.25, 0.3) is 5.91 Å². The Bertz CT molecular complexity index is 704. The van der Waals surface area contributed by atoms with Crippen molar-refractivity contribution >= 4 is 5.91 Å². The highest BCUT2D eigenvalue weighted by atomic mass is 16.2. The lowest BCUT2D eigenvalue weighted by Gasteiger charge is -2.52. The topological polar surface area (TPSA) is 74.8 Å². The highest BCUT2D eigenvalue weighted by Crippen LogP contribution is 2.49. The van der Waals surface area contributed by atoms with Gasteiger partial charge in [0.05, 0.1) is 35.0 Å². The number of carbonyl (C=O) groups is 1. The van der Waals surface area contributed by atoms with Gasteiger partial charge in [-0.1, -0.05) is 0 Å². The molecule has 0 unspecified atom stereocenters. The van der Waals surface area contributed by atoms with E-state index in [9.17, 15) is 4.79 Å². The molecule has 1 saturated carbocycles. The molecule has 1 fully saturated rings. The first-order valence-corrected chi connectivity index (χ1v) is 7.35. The third-order valence-electron chi connectivity index (χ3n) is 4.82. The Labute approximate surface area is 122 Å². The second-order valence-electron chi connectivity index (χ2n) is 5.85. The van der Waals surface area contributed by atoms with Crippen LogP contribution in [0.2, 0.25) is 0 Å². The number of aromatic nitrogens is 4. The summed E-state index contributed by atoms with van der Waals surface area (Å²) in [5.41, 5.74) is 3.37. The number of nitrogens with zero attached hydrogens (tertiary/aromatic N) is 4. The van der Waals surface area contributed by atoms with Crippen molar-refractivity contribution in [3.8, 4) is 0 Å². The summed E-state index contributed by atoms with van der Waals surface area (Å²) in [6.07, 6.45) is 7.29. The molecule has 2 aromatic rings. The van der Waals surface area contributed by atoms with E-state index < -0.39 is 0 Å². The van der Waals surface area contributed by atoms with E-state index in [-0.39, 0.29) is 11.4 Å². The van der Waals surface area contributed by atoms with E-state index in [1.54, 1.807) is 18.6 Å². The first-order valence-electron chi connectivity index (χ1n) is 7.35. The summed E-state index contributed by atoms with van der Waals surface area (Å²) >= 11 is 0. The van der Waals surface area contributed by atoms with Crippen LogP contribution in [-0.4, -0.2) is 37.5 Å². The van der Waals surface area contributed by atoms with Crippen LogP contribution < -0.4 is 0 Å². The van der Waals surface area contributed by atoms with Crippen LogP contribution in [0.3, 0.4) is 0 Å². The van der Waals surface area contributed by atoms with Crippen LogP contribution in [0.4, 0.5) is 0 Å². The fourth-order valence-corrected chi connectivity index (χ4v) is 3.57. The lowest BCUT2D eigenvalue weighted by Crippen LogP contribution is -2.57. The number of rotatable bonds is 1. The summed E-state index contributed by atoms with van der Waals surface area (Å²) in [5.74, 6) is 0.0516. The lowest BCUT2D eigenvalue weighted by molar-refractivity contribution is 0.00444. The van der Waals surface area contributed by atoms with Gasteiger partial charge in [-0.05, 0) is 32.3 Å². The second-order valence-corrected chi connectivity index (χ2v) is 5.85. The molecule has 1 aliphatic carbocycles. The van der Waals surface area contributed by atoms with Gasteiger partial charge in [-0.2, -0.15) is 10.2 Å². The Morgan fingerprint density at radius 3 is 3.00 bits per heavy atom. The Kier molecular flexibility index (Phi) is 2.60. The van der Waals surface area contributed by atoms with Gasteiger partial charge in [-0.3, -0.25) is 4.79 Å². The largest absolute Gasteiger partial charge is 0.348 e. The number of H-pyrrole nitrogens is 1. The number of fused-ring (bicyclic) bond motifs is 2. The van der Waals surface area contributed by atoms with E-state index in [2.05, 4.69) is 20.2 Å². The zero-order valence-corrected chi connectivity index (χ0v) is 12.0. The van der Waals surface area contributed by atoms with Crippen LogP contribution in [0.5, 0.6) is 0 Å². The number of aromatic amines is 1. The second kappa shape index (κ2) is 4.38. The molecule has 0 atom stereocenters. The number of imidazole rings is 1. The van der Waals surface area contributed by atoms with Crippen LogP contribution in [-0.2, 0) is 12.0 Å². The molecule has 0 bridgehead atoms. The molecule has 2 aliphatic rings. The fourth-order valence-electron chi connectivity index (χ4n) is 3.57. The molecule has 1 amide bonds. The van der Waals surface area contributed by atoms with Crippen molar-refractivity contribution in [3.63, 3.8) is 0 Å². The number of hydrogen-bond acceptors (Lipinski definition) is 4. The highest BCUT2D eigenvalue weighted by molar-refractivity contribution is 5.96. The Balaban J connectivity index is 1.76. The molecule has 6 heteroatoms. The molecule has 21 heavy (non-hydrogen) atoms. The maximum absolute atomic E-state index is 13.0. The van der Waals surface area contributed by atoms with Crippen LogP contribution in [0, 0.1) is 6.92 Å². The van der Waals surface area contributed by atoms with Crippen molar-refractivity contribution < 1.29 is 4.79 Å². The van der Waals surface area contributed by atoms with Gasteiger partial charge in [-0.25, -0.2) is 4.98 Å². The van der Waals surface area contributed by atoms with Crippen LogP contribution in [0.25, 0.3) is 0 Å². The van der Waals surface area contributed by atoms with Crippen molar-refractivity contribution in [3.05, 3.63) is 41.2 Å². The number of hydrogen-bond donors (Lipinski definition) is 1. The van der Waals surface area contributed by atoms with E-state index in [1.807, 2.05) is 11.8 Å². The first kappa shape index (κ1) is 12.5. The molecule has 1 N–H and O–H groups in total. The minimum absolute atomic E-state index is 0.0516. The zero-order valence-electron chi connectivity index (χ0n) is 12.0. The molecule has 4 rings (SSSR count). The summed E-state index contributed by atoms with van der Waals surface area (Å²) in [6.45, 7) is 2.56. The first-order chi connectivity index (χ1) is 10.2. The number of carbonyl (C=O) groups excluding carboxylic acids is 1. The molecule has 0 saturated heterocycles. The maximum atomic E-state index is 13.0. The molecule has 2 aromatic heterocycles. The summed E-state index contributed by atoms with van der Waals surface area (Å²) < 4.78 is 0. The van der Waals surface area contributed by atoms with Gasteiger partial charge in [0.15, 0.2) is 0 Å². The van der Waals surface area contributed by atoms with E-state index in [0.717, 1.165) is 37.9 Å². The Morgan fingerprint density at radius 1 is 1.43 bits per heavy atom. The van der Waals surface area contributed by atoms with E-state index in [4.69, 9.17) is 0 Å². The Morgan fingerprint density at radius 2 is 2.29 bits per heavy atom. The van der Waals surface area contributed by atoms with Crippen LogP contribution in [0.1, 0.15) is 46.7 Å². The number of nitrogens with one attached hydrogen (secondary N) is 1. The van der Waals surface area contributed by atoms with E-state index in [0.29, 0.717) is 11.3 Å². The molecule has 3 heterocycles. The predicted molar refractivity (Wildman–Crippen MR) is 75.6 cm³/mol. The van der Waals surface area contributed by atoms with Gasteiger partial charge in [-0.15, -0.1) is 0 Å². The molecule has 6 nitrogen and oxygen atoms in total. The average Bonchev–Trinajstić information content (AvgIpc) is 2.92. The minimum atomic E-state index is -0.208. The third kappa shape index (κ3) is 1.65. The normalized spacial score (nSPS) is 19.2. The van der Waals surface area contributed by atoms with Crippen molar-refractivity contribution in [2.24, 2.45) is 0 Å². The molecule has 1 spiro atoms. The van der Waals surface area contributed by atoms with Crippen molar-refractivity contribution in [1.82, 2.24) is 25.1 Å². The SMILES string of the molecule is Cc1nnccc1C(=O)N1CCc2[nH]cnc2C12CCC2. The summed E-state index contributed by atoms with van der Waals surface area (Å²) in [4.78, 5) is 22.7. The average molecular weight is 283 g/mol. The zero-order chi connectivity index (χ0) is 14.4. The quantitative estimate of drug-likeness (QED) is 0.862.